The number of methoxy groups -OCH3 is 1. The molecule has 178 valence electrons. The lowest BCUT2D eigenvalue weighted by molar-refractivity contribution is 0.0997. The van der Waals surface area contributed by atoms with E-state index in [4.69, 9.17) is 19.9 Å². The molecule has 1 aromatic heterocycles. The zero-order valence-electron chi connectivity index (χ0n) is 18.0. The van der Waals surface area contributed by atoms with Crippen LogP contribution in [-0.2, 0) is 0 Å². The van der Waals surface area contributed by atoms with E-state index < -0.39 is 40.9 Å². The standard InChI is InChI=1S/C24H16F3N3O5/c1-33-19-11-16-13(9-14(19)23(28)31)18(7-8-29-16)35-22-15(25)10-17(20(26)21(22)27)30-24(32)34-12-5-3-2-4-6-12/h2-11H,1H3,(H2,28,31)(H,30,32). The number of anilines is 1. The van der Waals surface area contributed by atoms with Gasteiger partial charge in [-0.05, 0) is 24.3 Å². The normalized spacial score (nSPS) is 10.6. The van der Waals surface area contributed by atoms with Crippen LogP contribution in [0.5, 0.6) is 23.0 Å². The van der Waals surface area contributed by atoms with Crippen molar-refractivity contribution in [1.82, 2.24) is 4.98 Å². The molecule has 1 heterocycles. The van der Waals surface area contributed by atoms with Crippen molar-refractivity contribution in [2.24, 2.45) is 5.73 Å². The molecular formula is C24H16F3N3O5. The molecule has 2 amide bonds. The highest BCUT2D eigenvalue weighted by Gasteiger charge is 2.24. The second kappa shape index (κ2) is 9.59. The number of carbonyl (C=O) groups excluding carboxylic acids is 2. The fourth-order valence-corrected chi connectivity index (χ4v) is 3.20. The van der Waals surface area contributed by atoms with Crippen LogP contribution in [-0.4, -0.2) is 24.1 Å². The summed E-state index contributed by atoms with van der Waals surface area (Å²) in [7, 11) is 1.33. The van der Waals surface area contributed by atoms with Crippen LogP contribution < -0.4 is 25.3 Å². The molecule has 4 aromatic rings. The van der Waals surface area contributed by atoms with Crippen LogP contribution in [0.1, 0.15) is 10.4 Å². The van der Waals surface area contributed by atoms with E-state index in [0.29, 0.717) is 6.07 Å². The van der Waals surface area contributed by atoms with Gasteiger partial charge in [-0.3, -0.25) is 15.1 Å². The molecule has 8 nitrogen and oxygen atoms in total. The molecule has 11 heteroatoms. The van der Waals surface area contributed by atoms with E-state index in [2.05, 4.69) is 4.98 Å². The number of carbonyl (C=O) groups is 2. The quantitative estimate of drug-likeness (QED) is 0.366. The molecule has 3 N–H and O–H groups in total. The number of halogens is 3. The first kappa shape index (κ1) is 23.4. The van der Waals surface area contributed by atoms with Gasteiger partial charge in [0, 0.05) is 23.7 Å². The van der Waals surface area contributed by atoms with Gasteiger partial charge in [0.05, 0.1) is 23.9 Å². The summed E-state index contributed by atoms with van der Waals surface area (Å²) in [5, 5.41) is 2.11. The maximum absolute atomic E-state index is 14.8. The number of aromatic nitrogens is 1. The first-order chi connectivity index (χ1) is 16.8. The number of para-hydroxylation sites is 1. The van der Waals surface area contributed by atoms with Gasteiger partial charge < -0.3 is 19.9 Å². The molecule has 0 aliphatic rings. The molecule has 4 rings (SSSR count). The van der Waals surface area contributed by atoms with Crippen molar-refractivity contribution < 1.29 is 37.0 Å². The Bertz CT molecular complexity index is 1450. The number of nitrogens with zero attached hydrogens (tertiary/aromatic N) is 1. The number of amides is 2. The fourth-order valence-electron chi connectivity index (χ4n) is 3.20. The molecule has 0 radical (unpaired) electrons. The number of primary amides is 1. The van der Waals surface area contributed by atoms with Gasteiger partial charge in [-0.2, -0.15) is 4.39 Å². The van der Waals surface area contributed by atoms with E-state index in [9.17, 15) is 22.8 Å². The van der Waals surface area contributed by atoms with Gasteiger partial charge in [-0.1, -0.05) is 18.2 Å². The second-order valence-electron chi connectivity index (χ2n) is 7.04. The Morgan fingerprint density at radius 2 is 1.71 bits per heavy atom. The topological polar surface area (TPSA) is 113 Å². The molecule has 0 unspecified atom stereocenters. The number of rotatable bonds is 6. The summed E-state index contributed by atoms with van der Waals surface area (Å²) in [6, 6.07) is 12.3. The minimum Gasteiger partial charge on any atom is -0.496 e. The number of hydrogen-bond donors (Lipinski definition) is 2. The van der Waals surface area contributed by atoms with Crippen molar-refractivity contribution in [1.29, 1.82) is 0 Å². The lowest BCUT2D eigenvalue weighted by Gasteiger charge is -2.14. The molecule has 0 bridgehead atoms. The van der Waals surface area contributed by atoms with Crippen LogP contribution in [0.4, 0.5) is 23.7 Å². The highest BCUT2D eigenvalue weighted by molar-refractivity contribution is 6.01. The van der Waals surface area contributed by atoms with Crippen LogP contribution in [0.2, 0.25) is 0 Å². The van der Waals surface area contributed by atoms with Gasteiger partial charge >= 0.3 is 6.09 Å². The Hall–Kier alpha value is -4.80. The third kappa shape index (κ3) is 4.78. The predicted molar refractivity (Wildman–Crippen MR) is 119 cm³/mol. The first-order valence-corrected chi connectivity index (χ1v) is 9.94. The zero-order chi connectivity index (χ0) is 25.1. The summed E-state index contributed by atoms with van der Waals surface area (Å²) >= 11 is 0. The maximum Gasteiger partial charge on any atom is 0.417 e. The Labute approximate surface area is 196 Å². The van der Waals surface area contributed by atoms with E-state index in [1.165, 1.54) is 43.6 Å². The molecular weight excluding hydrogens is 467 g/mol. The van der Waals surface area contributed by atoms with Crippen LogP contribution in [0.15, 0.2) is 60.8 Å². The van der Waals surface area contributed by atoms with Gasteiger partial charge in [0.25, 0.3) is 5.91 Å². The Morgan fingerprint density at radius 3 is 2.40 bits per heavy atom. The molecule has 0 aliphatic heterocycles. The highest BCUT2D eigenvalue weighted by Crippen LogP contribution is 2.37. The van der Waals surface area contributed by atoms with Gasteiger partial charge in [-0.15, -0.1) is 0 Å². The van der Waals surface area contributed by atoms with E-state index in [1.807, 2.05) is 5.32 Å². The number of ether oxygens (including phenoxy) is 3. The van der Waals surface area contributed by atoms with Gasteiger partial charge in [0.2, 0.25) is 11.6 Å². The molecule has 0 saturated carbocycles. The second-order valence-corrected chi connectivity index (χ2v) is 7.04. The zero-order valence-corrected chi connectivity index (χ0v) is 18.0. The van der Waals surface area contributed by atoms with Crippen LogP contribution in [0.25, 0.3) is 10.9 Å². The average Bonchev–Trinajstić information content (AvgIpc) is 2.84. The van der Waals surface area contributed by atoms with E-state index in [-0.39, 0.29) is 33.7 Å². The van der Waals surface area contributed by atoms with Crippen molar-refractivity contribution in [3.05, 3.63) is 83.8 Å². The average molecular weight is 483 g/mol. The van der Waals surface area contributed by atoms with Crippen LogP contribution in [0, 0.1) is 17.5 Å². The molecule has 3 aromatic carbocycles. The maximum atomic E-state index is 14.8. The lowest BCUT2D eigenvalue weighted by Crippen LogP contribution is -2.18. The van der Waals surface area contributed by atoms with Crippen molar-refractivity contribution in [3.8, 4) is 23.0 Å². The van der Waals surface area contributed by atoms with Crippen molar-refractivity contribution >= 4 is 28.6 Å². The minimum absolute atomic E-state index is 0.0264. The smallest absolute Gasteiger partial charge is 0.417 e. The van der Waals surface area contributed by atoms with Crippen molar-refractivity contribution in [2.45, 2.75) is 0 Å². The molecule has 0 aliphatic carbocycles. The molecule has 0 fully saturated rings. The Kier molecular flexibility index (Phi) is 6.40. The number of fused-ring (bicyclic) bond motifs is 1. The summed E-state index contributed by atoms with van der Waals surface area (Å²) in [6.45, 7) is 0. The molecule has 0 atom stereocenters. The molecule has 0 saturated heterocycles. The van der Waals surface area contributed by atoms with Crippen LogP contribution in [0.3, 0.4) is 0 Å². The molecule has 35 heavy (non-hydrogen) atoms. The SMILES string of the molecule is COc1cc2nccc(Oc3c(F)cc(NC(=O)Oc4ccccc4)c(F)c3F)c2cc1C(N)=O. The van der Waals surface area contributed by atoms with Gasteiger partial charge in [0.15, 0.2) is 11.6 Å². The fraction of sp³-hybridized carbons (Fsp3) is 0.0417. The first-order valence-electron chi connectivity index (χ1n) is 9.94. The number of nitrogens with two attached hydrogens (primary N) is 1. The summed E-state index contributed by atoms with van der Waals surface area (Å²) in [6.07, 6.45) is 0.124. The largest absolute Gasteiger partial charge is 0.496 e. The number of hydrogen-bond acceptors (Lipinski definition) is 6. The molecule has 0 spiro atoms. The number of nitrogens with one attached hydrogen (secondary N) is 1. The Morgan fingerprint density at radius 1 is 0.971 bits per heavy atom. The van der Waals surface area contributed by atoms with Crippen molar-refractivity contribution in [2.75, 3.05) is 12.4 Å². The number of pyridine rings is 1. The van der Waals surface area contributed by atoms with E-state index in [1.54, 1.807) is 18.2 Å². The summed E-state index contributed by atoms with van der Waals surface area (Å²) < 4.78 is 59.5. The summed E-state index contributed by atoms with van der Waals surface area (Å²) in [4.78, 5) is 27.8. The van der Waals surface area contributed by atoms with Crippen molar-refractivity contribution in [3.63, 3.8) is 0 Å². The van der Waals surface area contributed by atoms with E-state index >= 15 is 0 Å². The lowest BCUT2D eigenvalue weighted by atomic mass is 10.1. The summed E-state index contributed by atoms with van der Waals surface area (Å²) in [5.41, 5.74) is 4.80. The van der Waals surface area contributed by atoms with E-state index in [0.717, 1.165) is 0 Å². The Balaban J connectivity index is 1.66. The van der Waals surface area contributed by atoms with Gasteiger partial charge in [0.1, 0.15) is 17.2 Å². The minimum atomic E-state index is -1.70. The third-order valence-electron chi connectivity index (χ3n) is 4.81. The van der Waals surface area contributed by atoms with Gasteiger partial charge in [-0.25, -0.2) is 13.6 Å². The monoisotopic (exact) mass is 483 g/mol. The van der Waals surface area contributed by atoms with Crippen LogP contribution >= 0.6 is 0 Å². The third-order valence-corrected chi connectivity index (χ3v) is 4.81. The number of benzene rings is 3. The summed E-state index contributed by atoms with van der Waals surface area (Å²) in [5.74, 6) is -6.35. The predicted octanol–water partition coefficient (Wildman–Crippen LogP) is 5.16. The highest BCUT2D eigenvalue weighted by atomic mass is 19.2.